The molecule has 0 bridgehead atoms. The average Bonchev–Trinajstić information content (AvgIpc) is 3.75. The topological polar surface area (TPSA) is 216 Å². The van der Waals surface area contributed by atoms with Gasteiger partial charge in [0.25, 0.3) is 11.8 Å². The van der Waals surface area contributed by atoms with Crippen molar-refractivity contribution < 1.29 is 42.6 Å². The highest BCUT2D eigenvalue weighted by Gasteiger charge is 2.43. The summed E-state index contributed by atoms with van der Waals surface area (Å²) in [5.41, 5.74) is 7.12. The van der Waals surface area contributed by atoms with Gasteiger partial charge in [-0.2, -0.15) is 0 Å². The molecule has 0 spiro atoms. The van der Waals surface area contributed by atoms with E-state index in [2.05, 4.69) is 26.5 Å². The molecular weight excluding hydrogens is 656 g/mol. The summed E-state index contributed by atoms with van der Waals surface area (Å²) in [6.45, 7) is 1.90. The molecule has 2 aliphatic heterocycles. The van der Waals surface area contributed by atoms with Gasteiger partial charge >= 0.3 is 5.97 Å². The first kappa shape index (κ1) is 33.7. The number of anilines is 1. The number of hydrogen-bond donors (Lipinski definition) is 4. The van der Waals surface area contributed by atoms with Gasteiger partial charge in [0.05, 0.1) is 40.5 Å². The highest BCUT2D eigenvalue weighted by atomic mass is 32.2. The molecule has 6 atom stereocenters. The molecule has 49 heavy (non-hydrogen) atoms. The van der Waals surface area contributed by atoms with Crippen molar-refractivity contribution in [1.82, 2.24) is 24.3 Å². The molecule has 16 heteroatoms. The van der Waals surface area contributed by atoms with Crippen LogP contribution in [0.25, 0.3) is 11.0 Å². The molecule has 3 unspecified atom stereocenters. The second-order valence-corrected chi connectivity index (χ2v) is 13.2. The zero-order valence-electron chi connectivity index (χ0n) is 26.0. The second-order valence-electron chi connectivity index (χ2n) is 11.5. The van der Waals surface area contributed by atoms with Crippen molar-refractivity contribution in [3.05, 3.63) is 84.3 Å². The Labute approximate surface area is 280 Å². The van der Waals surface area contributed by atoms with Crippen LogP contribution < -0.4 is 10.5 Å². The SMILES string of the molecule is CC[C@H]1O[C@@H](n2cc(C#CC3CC(=O)N(OC(=O)C(O)C(NS(=O)(=O)c4ccccc4)c4ccccc4)C3=O)c3c(N)ncnc32)C[C@@H]1O. The molecule has 4 aromatic rings. The average molecular weight is 689 g/mol. The minimum Gasteiger partial charge on any atom is -0.390 e. The molecule has 2 aromatic heterocycles. The number of nitrogens with one attached hydrogen (secondary N) is 1. The lowest BCUT2D eigenvalue weighted by Crippen LogP contribution is -2.44. The van der Waals surface area contributed by atoms with Crippen molar-refractivity contribution in [1.29, 1.82) is 0 Å². The summed E-state index contributed by atoms with van der Waals surface area (Å²) in [4.78, 5) is 52.5. The summed E-state index contributed by atoms with van der Waals surface area (Å²) in [6, 6.07) is 13.6. The number of nitrogens with zero attached hydrogens (tertiary/aromatic N) is 4. The first-order valence-electron chi connectivity index (χ1n) is 15.3. The van der Waals surface area contributed by atoms with Gasteiger partial charge in [0.1, 0.15) is 29.9 Å². The first-order valence-corrected chi connectivity index (χ1v) is 16.8. The Morgan fingerprint density at radius 3 is 2.51 bits per heavy atom. The van der Waals surface area contributed by atoms with E-state index in [1.165, 1.54) is 42.7 Å². The van der Waals surface area contributed by atoms with Crippen molar-refractivity contribution in [2.24, 2.45) is 5.92 Å². The number of carbonyl (C=O) groups excluding carboxylic acids is 3. The van der Waals surface area contributed by atoms with Gasteiger partial charge in [-0.15, -0.1) is 5.06 Å². The molecule has 2 aliphatic rings. The van der Waals surface area contributed by atoms with E-state index in [1.807, 2.05) is 6.92 Å². The molecule has 4 heterocycles. The fourth-order valence-electron chi connectivity index (χ4n) is 5.75. The second kappa shape index (κ2) is 13.7. The van der Waals surface area contributed by atoms with Gasteiger partial charge in [-0.1, -0.05) is 67.3 Å². The molecule has 15 nitrogen and oxygen atoms in total. The van der Waals surface area contributed by atoms with Crippen LogP contribution in [0.2, 0.25) is 0 Å². The minimum absolute atomic E-state index is 0.113. The summed E-state index contributed by atoms with van der Waals surface area (Å²) >= 11 is 0. The molecule has 2 aromatic carbocycles. The van der Waals surface area contributed by atoms with Crippen molar-refractivity contribution in [2.45, 2.75) is 61.7 Å². The van der Waals surface area contributed by atoms with Crippen LogP contribution in [0.5, 0.6) is 0 Å². The highest BCUT2D eigenvalue weighted by Crippen LogP contribution is 2.35. The van der Waals surface area contributed by atoms with Gasteiger partial charge in [-0.3, -0.25) is 9.59 Å². The van der Waals surface area contributed by atoms with Crippen LogP contribution in [0.3, 0.4) is 0 Å². The lowest BCUT2D eigenvalue weighted by Gasteiger charge is -2.24. The number of aliphatic hydroxyl groups excluding tert-OH is 2. The summed E-state index contributed by atoms with van der Waals surface area (Å²) in [5.74, 6) is 1.20. The Morgan fingerprint density at radius 2 is 1.84 bits per heavy atom. The fourth-order valence-corrected chi connectivity index (χ4v) is 7.00. The van der Waals surface area contributed by atoms with Crippen LogP contribution in [0.4, 0.5) is 5.82 Å². The number of sulfonamides is 1. The number of rotatable bonds is 9. The number of nitrogens with two attached hydrogens (primary N) is 1. The number of amides is 2. The molecular formula is C33H32N6O9S. The molecule has 2 amide bonds. The Kier molecular flexibility index (Phi) is 9.45. The Morgan fingerprint density at radius 1 is 1.14 bits per heavy atom. The number of fused-ring (bicyclic) bond motifs is 1. The molecule has 254 valence electrons. The number of carbonyl (C=O) groups is 3. The smallest absolute Gasteiger partial charge is 0.363 e. The Hall–Kier alpha value is -5.18. The van der Waals surface area contributed by atoms with E-state index in [0.717, 1.165) is 0 Å². The van der Waals surface area contributed by atoms with Crippen LogP contribution >= 0.6 is 0 Å². The number of aliphatic hydroxyl groups is 2. The monoisotopic (exact) mass is 688 g/mol. The number of benzene rings is 2. The zero-order chi connectivity index (χ0) is 34.9. The van der Waals surface area contributed by atoms with E-state index in [4.69, 9.17) is 15.3 Å². The van der Waals surface area contributed by atoms with Gasteiger partial charge in [0.15, 0.2) is 6.10 Å². The van der Waals surface area contributed by atoms with Gasteiger partial charge in [-0.25, -0.2) is 27.9 Å². The lowest BCUT2D eigenvalue weighted by atomic mass is 10.0. The molecule has 0 radical (unpaired) electrons. The van der Waals surface area contributed by atoms with Crippen LogP contribution in [0.1, 0.15) is 49.6 Å². The maximum Gasteiger partial charge on any atom is 0.363 e. The predicted molar refractivity (Wildman–Crippen MR) is 172 cm³/mol. The third-order valence-corrected chi connectivity index (χ3v) is 9.73. The predicted octanol–water partition coefficient (Wildman–Crippen LogP) is 1.34. The molecule has 2 fully saturated rings. The summed E-state index contributed by atoms with van der Waals surface area (Å²) in [5, 5.41) is 22.0. The Bertz CT molecular complexity index is 2060. The molecule has 5 N–H and O–H groups in total. The van der Waals surface area contributed by atoms with Gasteiger partial charge in [0, 0.05) is 12.6 Å². The van der Waals surface area contributed by atoms with E-state index in [0.29, 0.717) is 29.4 Å². The van der Waals surface area contributed by atoms with Gasteiger partial charge in [0.2, 0.25) is 10.0 Å². The normalized spacial score (nSPS) is 22.1. The van der Waals surface area contributed by atoms with E-state index in [1.54, 1.807) is 35.0 Å². The number of hydrogen-bond acceptors (Lipinski definition) is 12. The van der Waals surface area contributed by atoms with E-state index >= 15 is 0 Å². The van der Waals surface area contributed by atoms with Crippen LogP contribution in [0.15, 0.2) is 78.1 Å². The largest absolute Gasteiger partial charge is 0.390 e. The van der Waals surface area contributed by atoms with E-state index < -0.39 is 64.6 Å². The standard InChI is InChI=1S/C33H32N6O9S/c1-2-24-23(40)16-26(47-24)38-17-21(27-30(34)35-18-36-31(27)38)14-13-20-15-25(41)39(32(20)43)48-33(44)29(42)28(19-9-5-3-6-10-19)37-49(45,46)22-11-7-4-8-12-22/h3-12,17-18,20,23-24,26,28-29,37,40,42H,2,15-16H2,1H3,(H2,34,35,36)/t20?,23-,24+,26+,28?,29?/m0/s1. The van der Waals surface area contributed by atoms with Gasteiger partial charge in [-0.05, 0) is 24.1 Å². The van der Waals surface area contributed by atoms with Crippen molar-refractivity contribution >= 4 is 44.7 Å². The van der Waals surface area contributed by atoms with E-state index in [9.17, 15) is 33.0 Å². The molecule has 0 saturated carbocycles. The number of imide groups is 1. The maximum absolute atomic E-state index is 13.2. The minimum atomic E-state index is -4.23. The third kappa shape index (κ3) is 6.75. The zero-order valence-corrected chi connectivity index (χ0v) is 26.9. The Balaban J connectivity index is 1.21. The van der Waals surface area contributed by atoms with Crippen LogP contribution in [-0.2, 0) is 34.0 Å². The summed E-state index contributed by atoms with van der Waals surface area (Å²) < 4.78 is 36.2. The summed E-state index contributed by atoms with van der Waals surface area (Å²) in [7, 11) is -4.23. The highest BCUT2D eigenvalue weighted by molar-refractivity contribution is 7.89. The van der Waals surface area contributed by atoms with Crippen molar-refractivity contribution in [2.75, 3.05) is 5.73 Å². The van der Waals surface area contributed by atoms with E-state index in [-0.39, 0.29) is 27.4 Å². The van der Waals surface area contributed by atoms with Crippen molar-refractivity contribution in [3.63, 3.8) is 0 Å². The molecule has 0 aliphatic carbocycles. The quantitative estimate of drug-likeness (QED) is 0.145. The number of ether oxygens (including phenoxy) is 1. The van der Waals surface area contributed by atoms with Crippen LogP contribution in [0, 0.1) is 17.8 Å². The maximum atomic E-state index is 13.2. The number of hydroxylamine groups is 2. The third-order valence-electron chi connectivity index (χ3n) is 8.27. The first-order chi connectivity index (χ1) is 23.5. The van der Waals surface area contributed by atoms with Gasteiger partial charge < -0.3 is 30.1 Å². The van der Waals surface area contributed by atoms with Crippen molar-refractivity contribution in [3.8, 4) is 11.8 Å². The fraction of sp³-hybridized carbons (Fsp3) is 0.303. The number of aromatic nitrogens is 3. The lowest BCUT2D eigenvalue weighted by molar-refractivity contribution is -0.204. The molecule has 6 rings (SSSR count). The van der Waals surface area contributed by atoms with Crippen LogP contribution in [-0.4, -0.2) is 74.3 Å². The number of nitrogen functional groups attached to an aromatic ring is 1. The molecule has 2 saturated heterocycles. The summed E-state index contributed by atoms with van der Waals surface area (Å²) in [6.07, 6.45) is -0.383.